The van der Waals surface area contributed by atoms with Crippen LogP contribution in [-0.2, 0) is 21.1 Å². The molecule has 35 heavy (non-hydrogen) atoms. The third-order valence-electron chi connectivity index (χ3n) is 5.32. The molecule has 3 aromatic carbocycles. The zero-order valence-electron chi connectivity index (χ0n) is 19.7. The van der Waals surface area contributed by atoms with Crippen molar-refractivity contribution in [1.29, 1.82) is 0 Å². The van der Waals surface area contributed by atoms with Crippen molar-refractivity contribution in [1.82, 2.24) is 0 Å². The van der Waals surface area contributed by atoms with Crippen molar-refractivity contribution in [3.05, 3.63) is 94.5 Å². The highest BCUT2D eigenvalue weighted by atomic mass is 32.2. The van der Waals surface area contributed by atoms with Gasteiger partial charge in [-0.15, -0.1) is 23.5 Å². The Morgan fingerprint density at radius 2 is 1.20 bits per heavy atom. The topological polar surface area (TPSA) is 95.5 Å². The van der Waals surface area contributed by atoms with Crippen LogP contribution in [0.15, 0.2) is 66.7 Å². The maximum absolute atomic E-state index is 12.6. The van der Waals surface area contributed by atoms with E-state index in [9.17, 15) is 19.5 Å². The van der Waals surface area contributed by atoms with Crippen molar-refractivity contribution < 1.29 is 19.5 Å². The van der Waals surface area contributed by atoms with Gasteiger partial charge in [0.25, 0.3) is 0 Å². The van der Waals surface area contributed by atoms with Gasteiger partial charge in [0.1, 0.15) is 0 Å². The number of rotatable bonds is 11. The Labute approximate surface area is 213 Å². The number of thioether (sulfide) groups is 2. The summed E-state index contributed by atoms with van der Waals surface area (Å²) in [4.78, 5) is 36.5. The van der Waals surface area contributed by atoms with Gasteiger partial charge in [0.05, 0.1) is 28.4 Å². The second-order valence-electron chi connectivity index (χ2n) is 8.00. The van der Waals surface area contributed by atoms with Crippen LogP contribution in [-0.4, -0.2) is 34.4 Å². The van der Waals surface area contributed by atoms with Crippen molar-refractivity contribution in [2.45, 2.75) is 25.4 Å². The molecule has 0 aliphatic heterocycles. The number of hydrogen-bond acceptors (Lipinski definition) is 5. The summed E-state index contributed by atoms with van der Waals surface area (Å²) in [6, 6.07) is 20.3. The highest BCUT2D eigenvalue weighted by molar-refractivity contribution is 7.99. The molecule has 0 bridgehead atoms. The zero-order valence-corrected chi connectivity index (χ0v) is 21.3. The van der Waals surface area contributed by atoms with Crippen LogP contribution in [0.4, 0.5) is 11.4 Å². The van der Waals surface area contributed by atoms with Crippen molar-refractivity contribution in [2.24, 2.45) is 0 Å². The molecule has 182 valence electrons. The molecule has 6 nitrogen and oxygen atoms in total. The van der Waals surface area contributed by atoms with Crippen LogP contribution < -0.4 is 10.6 Å². The summed E-state index contributed by atoms with van der Waals surface area (Å²) in [7, 11) is 0. The number of aryl methyl sites for hydroxylation is 2. The molecule has 8 heteroatoms. The largest absolute Gasteiger partial charge is 0.478 e. The lowest BCUT2D eigenvalue weighted by molar-refractivity contribution is -0.114. The first kappa shape index (κ1) is 26.4. The second kappa shape index (κ2) is 13.0. The van der Waals surface area contributed by atoms with E-state index in [0.29, 0.717) is 17.2 Å². The summed E-state index contributed by atoms with van der Waals surface area (Å²) in [5, 5.41) is 14.9. The fraction of sp³-hybridized carbons (Fsp3) is 0.222. The van der Waals surface area contributed by atoms with E-state index in [0.717, 1.165) is 5.56 Å². The van der Waals surface area contributed by atoms with E-state index in [4.69, 9.17) is 0 Å². The Kier molecular flexibility index (Phi) is 9.81. The third kappa shape index (κ3) is 8.19. The van der Waals surface area contributed by atoms with E-state index in [2.05, 4.69) is 10.6 Å². The maximum Gasteiger partial charge on any atom is 0.335 e. The lowest BCUT2D eigenvalue weighted by atomic mass is 10.1. The molecule has 0 atom stereocenters. The lowest BCUT2D eigenvalue weighted by Crippen LogP contribution is -2.19. The zero-order chi connectivity index (χ0) is 25.2. The minimum absolute atomic E-state index is 0.0276. The predicted molar refractivity (Wildman–Crippen MR) is 145 cm³/mol. The Hall–Kier alpha value is -3.23. The number of nitrogens with one attached hydrogen (secondary N) is 2. The Morgan fingerprint density at radius 1 is 0.714 bits per heavy atom. The van der Waals surface area contributed by atoms with Crippen molar-refractivity contribution >= 4 is 52.7 Å². The number of aromatic carboxylic acids is 1. The summed E-state index contributed by atoms with van der Waals surface area (Å²) in [5.74, 6) is 0.226. The van der Waals surface area contributed by atoms with Crippen LogP contribution in [0, 0.1) is 13.8 Å². The van der Waals surface area contributed by atoms with Crippen LogP contribution >= 0.6 is 23.5 Å². The summed E-state index contributed by atoms with van der Waals surface area (Å²) >= 11 is 2.96. The van der Waals surface area contributed by atoms with Gasteiger partial charge in [-0.25, -0.2) is 4.79 Å². The molecule has 0 spiro atoms. The fourth-order valence-corrected chi connectivity index (χ4v) is 5.12. The molecule has 2 amide bonds. The Bertz CT molecular complexity index is 1210. The predicted octanol–water partition coefficient (Wildman–Crippen LogP) is 5.75. The van der Waals surface area contributed by atoms with Crippen molar-refractivity contribution in [3.8, 4) is 0 Å². The normalized spacial score (nSPS) is 10.6. The summed E-state index contributed by atoms with van der Waals surface area (Å²) < 4.78 is 0. The lowest BCUT2D eigenvalue weighted by Gasteiger charge is -2.14. The van der Waals surface area contributed by atoms with Crippen LogP contribution in [0.3, 0.4) is 0 Å². The first-order valence-electron chi connectivity index (χ1n) is 11.0. The molecule has 0 aliphatic rings. The third-order valence-corrected chi connectivity index (χ3v) is 7.28. The van der Waals surface area contributed by atoms with Gasteiger partial charge in [-0.3, -0.25) is 9.59 Å². The summed E-state index contributed by atoms with van der Waals surface area (Å²) in [6.45, 7) is 4.07. The van der Waals surface area contributed by atoms with Gasteiger partial charge in [-0.1, -0.05) is 48.5 Å². The highest BCUT2D eigenvalue weighted by Crippen LogP contribution is 2.25. The van der Waals surface area contributed by atoms with E-state index in [-0.39, 0.29) is 34.6 Å². The highest BCUT2D eigenvalue weighted by Gasteiger charge is 2.14. The van der Waals surface area contributed by atoms with Gasteiger partial charge < -0.3 is 15.7 Å². The van der Waals surface area contributed by atoms with Gasteiger partial charge in [-0.05, 0) is 54.3 Å². The molecular formula is C27H28N2O4S2. The number of carbonyl (C=O) groups excluding carboxylic acids is 2. The Morgan fingerprint density at radius 3 is 1.69 bits per heavy atom. The SMILES string of the molecule is Cc1ccccc1CSCC(=O)Nc1ccc(C(=O)O)cc1NC(=O)CSCc1ccccc1C. The van der Waals surface area contributed by atoms with Gasteiger partial charge in [0.15, 0.2) is 0 Å². The molecule has 0 unspecified atom stereocenters. The van der Waals surface area contributed by atoms with Crippen molar-refractivity contribution in [3.63, 3.8) is 0 Å². The van der Waals surface area contributed by atoms with E-state index >= 15 is 0 Å². The number of carbonyl (C=O) groups is 3. The number of benzene rings is 3. The molecule has 0 heterocycles. The number of carboxylic acids is 1. The number of carboxylic acid groups (broad SMARTS) is 1. The van der Waals surface area contributed by atoms with Crippen molar-refractivity contribution in [2.75, 3.05) is 22.1 Å². The average Bonchev–Trinajstić information content (AvgIpc) is 2.82. The molecule has 0 fully saturated rings. The van der Waals surface area contributed by atoms with E-state index < -0.39 is 5.97 Å². The van der Waals surface area contributed by atoms with Gasteiger partial charge in [0.2, 0.25) is 11.8 Å². The van der Waals surface area contributed by atoms with E-state index in [1.165, 1.54) is 58.4 Å². The fourth-order valence-electron chi connectivity index (χ4n) is 3.31. The minimum Gasteiger partial charge on any atom is -0.478 e. The summed E-state index contributed by atoms with van der Waals surface area (Å²) in [5.41, 5.74) is 5.34. The van der Waals surface area contributed by atoms with Gasteiger partial charge >= 0.3 is 5.97 Å². The minimum atomic E-state index is -1.11. The van der Waals surface area contributed by atoms with Gasteiger partial charge in [-0.2, -0.15) is 0 Å². The molecule has 0 aromatic heterocycles. The number of hydrogen-bond donors (Lipinski definition) is 3. The quantitative estimate of drug-likeness (QED) is 0.305. The molecule has 0 saturated heterocycles. The summed E-state index contributed by atoms with van der Waals surface area (Å²) in [6.07, 6.45) is 0. The van der Waals surface area contributed by atoms with Crippen LogP contribution in [0.1, 0.15) is 32.6 Å². The van der Waals surface area contributed by atoms with Crippen LogP contribution in [0.25, 0.3) is 0 Å². The van der Waals surface area contributed by atoms with E-state index in [1.807, 2.05) is 62.4 Å². The van der Waals surface area contributed by atoms with Gasteiger partial charge in [0, 0.05) is 11.5 Å². The Balaban J connectivity index is 1.58. The van der Waals surface area contributed by atoms with E-state index in [1.54, 1.807) is 0 Å². The second-order valence-corrected chi connectivity index (χ2v) is 9.97. The maximum atomic E-state index is 12.6. The molecule has 0 saturated carbocycles. The molecule has 0 aliphatic carbocycles. The monoisotopic (exact) mass is 508 g/mol. The molecule has 0 radical (unpaired) electrons. The number of anilines is 2. The molecule has 3 rings (SSSR count). The smallest absolute Gasteiger partial charge is 0.335 e. The number of amides is 2. The first-order valence-corrected chi connectivity index (χ1v) is 13.4. The average molecular weight is 509 g/mol. The molecule has 3 N–H and O–H groups in total. The van der Waals surface area contributed by atoms with Crippen LogP contribution in [0.2, 0.25) is 0 Å². The first-order chi connectivity index (χ1) is 16.8. The molecule has 3 aromatic rings. The standard InChI is InChI=1S/C27H28N2O4S2/c1-18-7-3-5-9-21(18)14-34-16-25(30)28-23-12-11-20(27(32)33)13-24(23)29-26(31)17-35-15-22-10-6-4-8-19(22)2/h3-13H,14-17H2,1-2H3,(H,28,30)(H,29,31)(H,32,33). The van der Waals surface area contributed by atoms with Crippen LogP contribution in [0.5, 0.6) is 0 Å². The molecular weight excluding hydrogens is 480 g/mol.